The molecule has 2 rings (SSSR count). The fraction of sp³-hybridized carbons (Fsp3) is 0.385. The van der Waals surface area contributed by atoms with Gasteiger partial charge in [-0.3, -0.25) is 4.79 Å². The molecular formula is C13H17N3O2S. The van der Waals surface area contributed by atoms with Crippen LogP contribution in [0.25, 0.3) is 0 Å². The predicted octanol–water partition coefficient (Wildman–Crippen LogP) is 2.01. The van der Waals surface area contributed by atoms with Crippen molar-refractivity contribution in [2.75, 3.05) is 11.1 Å². The molecule has 1 saturated heterocycles. The Morgan fingerprint density at radius 3 is 3.00 bits per heavy atom. The van der Waals surface area contributed by atoms with Crippen LogP contribution >= 0.6 is 11.8 Å². The minimum absolute atomic E-state index is 0.00617. The Morgan fingerprint density at radius 2 is 2.37 bits per heavy atom. The van der Waals surface area contributed by atoms with Crippen LogP contribution in [0.3, 0.4) is 0 Å². The number of amides is 1. The van der Waals surface area contributed by atoms with Crippen molar-refractivity contribution in [3.63, 3.8) is 0 Å². The third-order valence-electron chi connectivity index (χ3n) is 3.22. The monoisotopic (exact) mass is 279 g/mol. The van der Waals surface area contributed by atoms with Gasteiger partial charge >= 0.3 is 0 Å². The Balaban J connectivity index is 2.13. The molecular weight excluding hydrogens is 262 g/mol. The second kappa shape index (κ2) is 5.52. The molecule has 0 aromatic heterocycles. The molecule has 1 aromatic rings. The first-order chi connectivity index (χ1) is 9.05. The maximum absolute atomic E-state index is 12.2. The number of carbonyl (C=O) groups excluding carboxylic acids is 1. The molecule has 0 bridgehead atoms. The zero-order chi connectivity index (χ0) is 13.9. The van der Waals surface area contributed by atoms with Gasteiger partial charge in [-0.2, -0.15) is 0 Å². The predicted molar refractivity (Wildman–Crippen MR) is 77.7 cm³/mol. The van der Waals surface area contributed by atoms with E-state index in [9.17, 15) is 4.79 Å². The SMILES string of the molecule is CC1(C(=O)Nc2cccc(/C(N)=N/O)c2)CCCS1. The van der Waals surface area contributed by atoms with Crippen molar-refractivity contribution in [2.24, 2.45) is 10.9 Å². The lowest BCUT2D eigenvalue weighted by atomic mass is 10.0. The van der Waals surface area contributed by atoms with Gasteiger partial charge in [-0.1, -0.05) is 17.3 Å². The number of hydrogen-bond donors (Lipinski definition) is 3. The lowest BCUT2D eigenvalue weighted by Gasteiger charge is -2.21. The molecule has 1 unspecified atom stereocenters. The Hall–Kier alpha value is -1.69. The Morgan fingerprint density at radius 1 is 1.58 bits per heavy atom. The number of benzene rings is 1. The first-order valence-corrected chi connectivity index (χ1v) is 7.07. The molecule has 0 saturated carbocycles. The fourth-order valence-corrected chi connectivity index (χ4v) is 3.25. The average Bonchev–Trinajstić information content (AvgIpc) is 2.86. The smallest absolute Gasteiger partial charge is 0.240 e. The molecule has 0 radical (unpaired) electrons. The van der Waals surface area contributed by atoms with Crippen LogP contribution in [0, 0.1) is 0 Å². The lowest BCUT2D eigenvalue weighted by molar-refractivity contribution is -0.118. The van der Waals surface area contributed by atoms with E-state index in [0.717, 1.165) is 18.6 Å². The molecule has 1 aliphatic rings. The minimum atomic E-state index is -0.355. The average molecular weight is 279 g/mol. The Bertz CT molecular complexity index is 510. The number of anilines is 1. The maximum atomic E-state index is 12.2. The summed E-state index contributed by atoms with van der Waals surface area (Å²) in [4.78, 5) is 12.2. The number of amidine groups is 1. The second-order valence-corrected chi connectivity index (χ2v) is 6.30. The number of nitrogens with zero attached hydrogens (tertiary/aromatic N) is 1. The highest BCUT2D eigenvalue weighted by atomic mass is 32.2. The first-order valence-electron chi connectivity index (χ1n) is 6.08. The van der Waals surface area contributed by atoms with Crippen molar-refractivity contribution >= 4 is 29.2 Å². The second-order valence-electron chi connectivity index (χ2n) is 4.70. The van der Waals surface area contributed by atoms with E-state index in [0.29, 0.717) is 11.3 Å². The molecule has 4 N–H and O–H groups in total. The van der Waals surface area contributed by atoms with Crippen LogP contribution in [-0.2, 0) is 4.79 Å². The van der Waals surface area contributed by atoms with Gasteiger partial charge in [0.1, 0.15) is 0 Å². The van der Waals surface area contributed by atoms with Crippen LogP contribution < -0.4 is 11.1 Å². The van der Waals surface area contributed by atoms with Crippen LogP contribution in [0.15, 0.2) is 29.4 Å². The Labute approximate surface area is 116 Å². The van der Waals surface area contributed by atoms with Crippen molar-refractivity contribution in [2.45, 2.75) is 24.5 Å². The van der Waals surface area contributed by atoms with Crippen molar-refractivity contribution in [1.29, 1.82) is 0 Å². The summed E-state index contributed by atoms with van der Waals surface area (Å²) in [6.45, 7) is 1.97. The number of nitrogens with one attached hydrogen (secondary N) is 1. The van der Waals surface area contributed by atoms with Gasteiger partial charge in [0.15, 0.2) is 5.84 Å². The third-order valence-corrected chi connectivity index (χ3v) is 4.74. The number of thioether (sulfide) groups is 1. The zero-order valence-corrected chi connectivity index (χ0v) is 11.5. The highest BCUT2D eigenvalue weighted by Gasteiger charge is 2.37. The van der Waals surface area contributed by atoms with E-state index < -0.39 is 0 Å². The van der Waals surface area contributed by atoms with Crippen molar-refractivity contribution < 1.29 is 10.0 Å². The minimum Gasteiger partial charge on any atom is -0.409 e. The third kappa shape index (κ3) is 3.01. The van der Waals surface area contributed by atoms with Crippen LogP contribution in [0.5, 0.6) is 0 Å². The molecule has 1 atom stereocenters. The summed E-state index contributed by atoms with van der Waals surface area (Å²) >= 11 is 1.69. The summed E-state index contributed by atoms with van der Waals surface area (Å²) in [5.41, 5.74) is 6.75. The van der Waals surface area contributed by atoms with Gasteiger partial charge in [0.25, 0.3) is 0 Å². The van der Waals surface area contributed by atoms with Gasteiger partial charge in [0.2, 0.25) is 5.91 Å². The summed E-state index contributed by atoms with van der Waals surface area (Å²) in [5.74, 6) is 1.05. The first kappa shape index (κ1) is 13.7. The molecule has 1 amide bonds. The zero-order valence-electron chi connectivity index (χ0n) is 10.7. The number of carbonyl (C=O) groups is 1. The van der Waals surface area contributed by atoms with E-state index in [1.54, 1.807) is 36.0 Å². The normalized spacial score (nSPS) is 23.3. The topological polar surface area (TPSA) is 87.7 Å². The number of oxime groups is 1. The van der Waals surface area contributed by atoms with Gasteiger partial charge in [0.05, 0.1) is 4.75 Å². The standard InChI is InChI=1S/C13H17N3O2S/c1-13(6-3-7-19-13)12(17)15-10-5-2-4-9(8-10)11(14)16-18/h2,4-5,8,18H,3,6-7H2,1H3,(H2,14,16)(H,15,17). The largest absolute Gasteiger partial charge is 0.409 e. The van der Waals surface area contributed by atoms with Gasteiger partial charge < -0.3 is 16.3 Å². The van der Waals surface area contributed by atoms with Crippen LogP contribution in [0.4, 0.5) is 5.69 Å². The van der Waals surface area contributed by atoms with E-state index in [4.69, 9.17) is 10.9 Å². The highest BCUT2D eigenvalue weighted by Crippen LogP contribution is 2.38. The molecule has 102 valence electrons. The van der Waals surface area contributed by atoms with E-state index in [2.05, 4.69) is 10.5 Å². The summed E-state index contributed by atoms with van der Waals surface area (Å²) in [7, 11) is 0. The molecule has 1 aliphatic heterocycles. The van der Waals surface area contributed by atoms with Crippen LogP contribution in [0.2, 0.25) is 0 Å². The van der Waals surface area contributed by atoms with E-state index in [-0.39, 0.29) is 16.5 Å². The quantitative estimate of drug-likeness (QED) is 0.342. The van der Waals surface area contributed by atoms with E-state index >= 15 is 0 Å². The van der Waals surface area contributed by atoms with Crippen molar-refractivity contribution in [3.8, 4) is 0 Å². The summed E-state index contributed by atoms with van der Waals surface area (Å²) < 4.78 is -0.355. The molecule has 5 nitrogen and oxygen atoms in total. The van der Waals surface area contributed by atoms with Gasteiger partial charge in [0, 0.05) is 11.3 Å². The molecule has 0 spiro atoms. The molecule has 6 heteroatoms. The van der Waals surface area contributed by atoms with Gasteiger partial charge in [-0.15, -0.1) is 11.8 Å². The summed E-state index contributed by atoms with van der Waals surface area (Å²) in [5, 5.41) is 14.5. The maximum Gasteiger partial charge on any atom is 0.240 e. The highest BCUT2D eigenvalue weighted by molar-refractivity contribution is 8.01. The van der Waals surface area contributed by atoms with Crippen LogP contribution in [0.1, 0.15) is 25.3 Å². The molecule has 1 fully saturated rings. The molecule has 0 aliphatic carbocycles. The van der Waals surface area contributed by atoms with E-state index in [1.165, 1.54) is 0 Å². The van der Waals surface area contributed by atoms with Crippen molar-refractivity contribution in [3.05, 3.63) is 29.8 Å². The van der Waals surface area contributed by atoms with Gasteiger partial charge in [-0.05, 0) is 37.7 Å². The summed E-state index contributed by atoms with van der Waals surface area (Å²) in [6.07, 6.45) is 1.96. The molecule has 1 heterocycles. The lowest BCUT2D eigenvalue weighted by Crippen LogP contribution is -2.34. The van der Waals surface area contributed by atoms with E-state index in [1.807, 2.05) is 6.92 Å². The Kier molecular flexibility index (Phi) is 3.99. The van der Waals surface area contributed by atoms with Crippen molar-refractivity contribution in [1.82, 2.24) is 0 Å². The van der Waals surface area contributed by atoms with Crippen LogP contribution in [-0.4, -0.2) is 27.4 Å². The number of nitrogens with two attached hydrogens (primary N) is 1. The number of hydrogen-bond acceptors (Lipinski definition) is 4. The fourth-order valence-electron chi connectivity index (χ4n) is 2.04. The molecule has 19 heavy (non-hydrogen) atoms. The summed E-state index contributed by atoms with van der Waals surface area (Å²) in [6, 6.07) is 6.95. The number of rotatable bonds is 3. The van der Waals surface area contributed by atoms with Gasteiger partial charge in [-0.25, -0.2) is 0 Å². The molecule has 1 aromatic carbocycles.